The van der Waals surface area contributed by atoms with Gasteiger partial charge in [-0.3, -0.25) is 20.2 Å². The predicted octanol–water partition coefficient (Wildman–Crippen LogP) is 11.3. The van der Waals surface area contributed by atoms with Crippen LogP contribution in [0.3, 0.4) is 0 Å². The first-order valence-electron chi connectivity index (χ1n) is 16.5. The van der Waals surface area contributed by atoms with Gasteiger partial charge in [-0.2, -0.15) is 5.26 Å². The minimum atomic E-state index is -0.841. The fourth-order valence-electron chi connectivity index (χ4n) is 5.50. The molecule has 3 rings (SSSR count). The Morgan fingerprint density at radius 2 is 1.26 bits per heavy atom. The zero-order chi connectivity index (χ0) is 33.1. The minimum Gasteiger partial charge on any atom is -0.507 e. The lowest BCUT2D eigenvalue weighted by molar-refractivity contribution is -0.393. The Labute approximate surface area is 270 Å². The summed E-state index contributed by atoms with van der Waals surface area (Å²) in [5.41, 5.74) is -1.85. The summed E-state index contributed by atoms with van der Waals surface area (Å²) in [5, 5.41) is 52.3. The number of phenolic OH excluding ortho intramolecular Hbond substituents is 1. The number of nitriles is 1. The maximum Gasteiger partial charge on any atom is 0.304 e. The fourth-order valence-corrected chi connectivity index (χ4v) is 5.50. The standard InChI is InChI=1S/C35H45N5O6/c1-2-3-4-5-6-7-8-9-10-11-12-13-14-15-16-19-22-46-33-25-32(41)29-20-17-18-21-30(29)35(33)38-37-34-27(26-36)23-28(39(42)43)24-31(34)40(44)45/h17-18,20-21,23-25,41H,2-16,19,22H2,1H3. The zero-order valence-corrected chi connectivity index (χ0v) is 26.8. The van der Waals surface area contributed by atoms with Crippen molar-refractivity contribution in [3.8, 4) is 17.6 Å². The van der Waals surface area contributed by atoms with Gasteiger partial charge >= 0.3 is 5.69 Å². The molecule has 246 valence electrons. The summed E-state index contributed by atoms with van der Waals surface area (Å²) in [6, 6.07) is 11.7. The van der Waals surface area contributed by atoms with E-state index in [2.05, 4.69) is 17.2 Å². The van der Waals surface area contributed by atoms with Crippen molar-refractivity contribution in [1.82, 2.24) is 0 Å². The lowest BCUT2D eigenvalue weighted by Gasteiger charge is -2.12. The summed E-state index contributed by atoms with van der Waals surface area (Å²) < 4.78 is 6.02. The maximum atomic E-state index is 11.7. The molecule has 0 aliphatic carbocycles. The third-order valence-electron chi connectivity index (χ3n) is 8.07. The van der Waals surface area contributed by atoms with Crippen LogP contribution in [0.4, 0.5) is 22.7 Å². The first-order valence-corrected chi connectivity index (χ1v) is 16.5. The molecule has 0 spiro atoms. The number of hydrogen-bond acceptors (Lipinski definition) is 9. The number of unbranched alkanes of at least 4 members (excludes halogenated alkanes) is 15. The number of rotatable bonds is 22. The maximum absolute atomic E-state index is 11.7. The zero-order valence-electron chi connectivity index (χ0n) is 26.8. The molecule has 3 aromatic carbocycles. The molecular weight excluding hydrogens is 586 g/mol. The van der Waals surface area contributed by atoms with Crippen LogP contribution in [0.1, 0.15) is 115 Å². The van der Waals surface area contributed by atoms with Crippen LogP contribution in [0.2, 0.25) is 0 Å². The van der Waals surface area contributed by atoms with E-state index in [1.54, 1.807) is 30.3 Å². The number of non-ortho nitro benzene ring substituents is 1. The lowest BCUT2D eigenvalue weighted by atomic mass is 10.0. The molecule has 11 nitrogen and oxygen atoms in total. The van der Waals surface area contributed by atoms with Gasteiger partial charge < -0.3 is 9.84 Å². The Hall–Kier alpha value is -4.59. The van der Waals surface area contributed by atoms with Gasteiger partial charge in [-0.25, -0.2) is 0 Å². The van der Waals surface area contributed by atoms with Gasteiger partial charge in [0.25, 0.3) is 5.69 Å². The third-order valence-corrected chi connectivity index (χ3v) is 8.07. The molecule has 0 saturated carbocycles. The second-order valence-electron chi connectivity index (χ2n) is 11.6. The summed E-state index contributed by atoms with van der Waals surface area (Å²) in [7, 11) is 0. The van der Waals surface area contributed by atoms with Crippen LogP contribution in [-0.2, 0) is 0 Å². The van der Waals surface area contributed by atoms with Gasteiger partial charge in [0.1, 0.15) is 17.5 Å². The van der Waals surface area contributed by atoms with E-state index >= 15 is 0 Å². The molecule has 0 saturated heterocycles. The van der Waals surface area contributed by atoms with Crippen LogP contribution in [0.5, 0.6) is 11.5 Å². The van der Waals surface area contributed by atoms with Crippen LogP contribution < -0.4 is 4.74 Å². The predicted molar refractivity (Wildman–Crippen MR) is 179 cm³/mol. The van der Waals surface area contributed by atoms with Crippen molar-refractivity contribution < 1.29 is 19.7 Å². The fraction of sp³-hybridized carbons (Fsp3) is 0.514. The molecule has 0 aliphatic rings. The lowest BCUT2D eigenvalue weighted by Crippen LogP contribution is -1.98. The summed E-state index contributed by atoms with van der Waals surface area (Å²) in [5.74, 6) is 0.222. The SMILES string of the molecule is CCCCCCCCCCCCCCCCCCOc1cc(O)c2ccccc2c1N=Nc1c(C#N)cc([N+](=O)[O-])cc1[N+](=O)[O-]. The van der Waals surface area contributed by atoms with E-state index in [0.29, 0.717) is 17.4 Å². The average Bonchev–Trinajstić information content (AvgIpc) is 3.05. The van der Waals surface area contributed by atoms with Crippen LogP contribution in [0.15, 0.2) is 52.7 Å². The molecule has 0 atom stereocenters. The van der Waals surface area contributed by atoms with Crippen molar-refractivity contribution in [3.05, 3.63) is 68.3 Å². The summed E-state index contributed by atoms with van der Waals surface area (Å²) >= 11 is 0. The van der Waals surface area contributed by atoms with Crippen LogP contribution >= 0.6 is 0 Å². The summed E-state index contributed by atoms with van der Waals surface area (Å²) in [4.78, 5) is 21.3. The Morgan fingerprint density at radius 1 is 0.739 bits per heavy atom. The highest BCUT2D eigenvalue weighted by molar-refractivity contribution is 5.99. The molecule has 0 amide bonds. The molecule has 0 fully saturated rings. The number of nitro benzene ring substituents is 2. The highest BCUT2D eigenvalue weighted by Gasteiger charge is 2.25. The van der Waals surface area contributed by atoms with Gasteiger partial charge in [-0.1, -0.05) is 128 Å². The molecule has 0 unspecified atom stereocenters. The van der Waals surface area contributed by atoms with Gasteiger partial charge in [0.2, 0.25) is 0 Å². The van der Waals surface area contributed by atoms with E-state index < -0.39 is 26.9 Å². The second kappa shape index (κ2) is 19.7. The quantitative estimate of drug-likeness (QED) is 0.0498. The number of phenols is 1. The Bertz CT molecular complexity index is 1520. The average molecular weight is 632 g/mol. The molecule has 0 aromatic heterocycles. The van der Waals surface area contributed by atoms with Crippen LogP contribution in [0, 0.1) is 31.6 Å². The smallest absolute Gasteiger partial charge is 0.304 e. The largest absolute Gasteiger partial charge is 0.507 e. The van der Waals surface area contributed by atoms with Gasteiger partial charge in [0, 0.05) is 22.9 Å². The number of azo groups is 1. The molecular formula is C35H45N5O6. The van der Waals surface area contributed by atoms with E-state index in [4.69, 9.17) is 4.74 Å². The van der Waals surface area contributed by atoms with Crippen molar-refractivity contribution in [1.29, 1.82) is 5.26 Å². The first kappa shape index (κ1) is 35.9. The Balaban J connectivity index is 1.54. The highest BCUT2D eigenvalue weighted by atomic mass is 16.6. The van der Waals surface area contributed by atoms with Gasteiger partial charge in [-0.05, 0) is 6.42 Å². The molecule has 0 radical (unpaired) electrons. The molecule has 46 heavy (non-hydrogen) atoms. The van der Waals surface area contributed by atoms with Gasteiger partial charge in [-0.15, -0.1) is 10.2 Å². The number of fused-ring (bicyclic) bond motifs is 1. The van der Waals surface area contributed by atoms with Crippen molar-refractivity contribution >= 4 is 33.5 Å². The molecule has 3 aromatic rings. The molecule has 0 bridgehead atoms. The topological polar surface area (TPSA) is 164 Å². The highest BCUT2D eigenvalue weighted by Crippen LogP contribution is 2.43. The Morgan fingerprint density at radius 3 is 1.78 bits per heavy atom. The summed E-state index contributed by atoms with van der Waals surface area (Å²) in [6.07, 6.45) is 20.1. The number of nitrogens with zero attached hydrogens (tertiary/aromatic N) is 5. The third kappa shape index (κ3) is 11.1. The Kier molecular flexibility index (Phi) is 15.4. The van der Waals surface area contributed by atoms with Crippen LogP contribution in [0.25, 0.3) is 10.8 Å². The second-order valence-corrected chi connectivity index (χ2v) is 11.6. The van der Waals surface area contributed by atoms with Crippen molar-refractivity contribution in [2.24, 2.45) is 10.2 Å². The first-order chi connectivity index (χ1) is 22.4. The van der Waals surface area contributed by atoms with Gasteiger partial charge in [0.15, 0.2) is 11.4 Å². The van der Waals surface area contributed by atoms with Crippen molar-refractivity contribution in [2.45, 2.75) is 110 Å². The number of aromatic hydroxyl groups is 1. The molecule has 0 aliphatic heterocycles. The molecule has 11 heteroatoms. The number of nitro groups is 2. The number of benzene rings is 3. The van der Waals surface area contributed by atoms with E-state index in [-0.39, 0.29) is 22.7 Å². The van der Waals surface area contributed by atoms with Crippen molar-refractivity contribution in [2.75, 3.05) is 6.61 Å². The van der Waals surface area contributed by atoms with E-state index in [1.807, 2.05) is 0 Å². The van der Waals surface area contributed by atoms with Crippen molar-refractivity contribution in [3.63, 3.8) is 0 Å². The van der Waals surface area contributed by atoms with Gasteiger partial charge in [0.05, 0.1) is 28.1 Å². The monoisotopic (exact) mass is 631 g/mol. The van der Waals surface area contributed by atoms with E-state index in [0.717, 1.165) is 31.4 Å². The van der Waals surface area contributed by atoms with Crippen LogP contribution in [-0.4, -0.2) is 21.6 Å². The molecule has 1 N–H and O–H groups in total. The van der Waals surface area contributed by atoms with E-state index in [9.17, 15) is 30.6 Å². The normalized spacial score (nSPS) is 11.2. The number of hydrogen-bond donors (Lipinski definition) is 1. The number of ether oxygens (including phenoxy) is 1. The molecule has 0 heterocycles. The minimum absolute atomic E-state index is 0.0180. The summed E-state index contributed by atoms with van der Waals surface area (Å²) in [6.45, 7) is 2.63. The van der Waals surface area contributed by atoms with E-state index in [1.165, 1.54) is 89.5 Å².